The Morgan fingerprint density at radius 3 is 2.55 bits per heavy atom. The lowest BCUT2D eigenvalue weighted by Gasteiger charge is -2.48. The molecule has 0 aliphatic heterocycles. The lowest BCUT2D eigenvalue weighted by Crippen LogP contribution is -2.58. The maximum Gasteiger partial charge on any atom is 0.404 e. The van der Waals surface area contributed by atoms with Crippen molar-refractivity contribution in [3.63, 3.8) is 0 Å². The highest BCUT2D eigenvalue weighted by molar-refractivity contribution is 5.99. The first kappa shape index (κ1) is 32.7. The van der Waals surface area contributed by atoms with Crippen molar-refractivity contribution in [1.82, 2.24) is 0 Å². The molecule has 1 aromatic heterocycles. The van der Waals surface area contributed by atoms with Gasteiger partial charge in [-0.2, -0.15) is 0 Å². The Kier molecular flexibility index (Phi) is 9.50. The number of aliphatic hydroxyl groups is 2. The van der Waals surface area contributed by atoms with Crippen molar-refractivity contribution in [3.8, 4) is 11.5 Å². The number of aryl methyl sites for hydroxylation is 1. The Bertz CT molecular complexity index is 1670. The Morgan fingerprint density at radius 2 is 1.91 bits per heavy atom. The van der Waals surface area contributed by atoms with E-state index in [1.807, 2.05) is 33.8 Å². The molecule has 44 heavy (non-hydrogen) atoms. The third kappa shape index (κ3) is 6.63. The van der Waals surface area contributed by atoms with Gasteiger partial charge in [-0.15, -0.1) is 0 Å². The summed E-state index contributed by atoms with van der Waals surface area (Å²) in [5.74, 6) is -1.73. The molecule has 236 valence electrons. The summed E-state index contributed by atoms with van der Waals surface area (Å²) < 4.78 is 31.1. The number of amides is 1. The van der Waals surface area contributed by atoms with E-state index in [-0.39, 0.29) is 40.9 Å². The topological polar surface area (TPSA) is 170 Å². The molecule has 1 amide bonds. The van der Waals surface area contributed by atoms with E-state index in [2.05, 4.69) is 0 Å². The molecule has 1 aliphatic carbocycles. The molecule has 11 heteroatoms. The van der Waals surface area contributed by atoms with Gasteiger partial charge in [0.05, 0.1) is 17.6 Å². The SMILES string of the molecule is CC(C)=CCc1cc(C(=O)Cc2c(O)c3ccc(O[C@@H]4CC(C)(C)[C@H](CO)[C@H](OC(N)=O)C4O)c(C)c3oc2=O)ccc1F. The summed E-state index contributed by atoms with van der Waals surface area (Å²) in [5.41, 5.74) is 5.33. The smallest absolute Gasteiger partial charge is 0.404 e. The average molecular weight is 612 g/mol. The van der Waals surface area contributed by atoms with E-state index < -0.39 is 65.1 Å². The van der Waals surface area contributed by atoms with Crippen LogP contribution in [0.5, 0.6) is 11.5 Å². The zero-order valence-corrected chi connectivity index (χ0v) is 25.3. The number of primary amides is 1. The number of nitrogens with two attached hydrogens (primary N) is 1. The Hall–Kier alpha value is -4.22. The number of aliphatic hydroxyl groups excluding tert-OH is 2. The van der Waals surface area contributed by atoms with Crippen LogP contribution in [0.4, 0.5) is 9.18 Å². The molecular formula is C33H38FNO9. The van der Waals surface area contributed by atoms with Crippen molar-refractivity contribution in [2.75, 3.05) is 6.61 Å². The summed E-state index contributed by atoms with van der Waals surface area (Å²) in [6.45, 7) is 8.71. The van der Waals surface area contributed by atoms with Gasteiger partial charge in [0.1, 0.15) is 41.2 Å². The molecule has 1 heterocycles. The number of halogens is 1. The highest BCUT2D eigenvalue weighted by Crippen LogP contribution is 2.44. The van der Waals surface area contributed by atoms with Crippen LogP contribution >= 0.6 is 0 Å². The van der Waals surface area contributed by atoms with E-state index in [0.717, 1.165) is 5.57 Å². The predicted octanol–water partition coefficient (Wildman–Crippen LogP) is 4.49. The van der Waals surface area contributed by atoms with Crippen LogP contribution in [0.1, 0.15) is 61.2 Å². The van der Waals surface area contributed by atoms with Crippen molar-refractivity contribution in [3.05, 3.63) is 80.5 Å². The molecule has 1 fully saturated rings. The summed E-state index contributed by atoms with van der Waals surface area (Å²) >= 11 is 0. The number of hydrogen-bond acceptors (Lipinski definition) is 9. The molecule has 3 aromatic rings. The second-order valence-corrected chi connectivity index (χ2v) is 12.2. The van der Waals surface area contributed by atoms with Crippen LogP contribution in [0.15, 0.2) is 51.2 Å². The monoisotopic (exact) mass is 611 g/mol. The zero-order valence-electron chi connectivity index (χ0n) is 25.3. The standard InChI is InChI=1S/C33H38FNO9/c1-16(2)6-7-18-12-19(8-10-23(18)34)24(37)13-21-27(38)20-9-11-25(17(3)29(20)43-31(21)40)42-26-14-33(4,5)22(15-36)30(28(26)39)44-32(35)41/h6,8-12,22,26,28,30,36,38-39H,7,13-15H2,1-5H3,(H2,35,41)/t22-,26-,28?,30+/m1/s1. The van der Waals surface area contributed by atoms with Gasteiger partial charge < -0.3 is 34.9 Å². The first-order valence-electron chi connectivity index (χ1n) is 14.3. The summed E-state index contributed by atoms with van der Waals surface area (Å²) in [7, 11) is 0. The van der Waals surface area contributed by atoms with E-state index in [1.54, 1.807) is 6.92 Å². The fourth-order valence-corrected chi connectivity index (χ4v) is 5.77. The van der Waals surface area contributed by atoms with Crippen LogP contribution in [-0.4, -0.2) is 52.1 Å². The molecule has 0 radical (unpaired) electrons. The maximum absolute atomic E-state index is 14.3. The quantitative estimate of drug-likeness (QED) is 0.155. The third-order valence-electron chi connectivity index (χ3n) is 8.35. The van der Waals surface area contributed by atoms with E-state index in [1.165, 1.54) is 30.3 Å². The normalized spacial score (nSPS) is 21.1. The number of aromatic hydroxyl groups is 1. The van der Waals surface area contributed by atoms with Gasteiger partial charge in [0, 0.05) is 23.5 Å². The van der Waals surface area contributed by atoms with Crippen molar-refractivity contribution in [1.29, 1.82) is 0 Å². The molecule has 0 spiro atoms. The van der Waals surface area contributed by atoms with Gasteiger partial charge in [-0.1, -0.05) is 25.5 Å². The first-order valence-corrected chi connectivity index (χ1v) is 14.3. The molecule has 5 N–H and O–H groups in total. The number of hydrogen-bond donors (Lipinski definition) is 4. The minimum Gasteiger partial charge on any atom is -0.507 e. The summed E-state index contributed by atoms with van der Waals surface area (Å²) in [6, 6.07) is 6.97. The Morgan fingerprint density at radius 1 is 1.20 bits per heavy atom. The minimum absolute atomic E-state index is 0.0229. The number of ketones is 1. The van der Waals surface area contributed by atoms with Gasteiger partial charge in [0.2, 0.25) is 0 Å². The molecule has 1 saturated carbocycles. The number of carbonyl (C=O) groups is 2. The van der Waals surface area contributed by atoms with E-state index in [9.17, 15) is 34.1 Å². The Balaban J connectivity index is 1.63. The third-order valence-corrected chi connectivity index (χ3v) is 8.35. The molecule has 0 bridgehead atoms. The van der Waals surface area contributed by atoms with Crippen molar-refractivity contribution in [2.24, 2.45) is 17.1 Å². The number of benzene rings is 2. The maximum atomic E-state index is 14.3. The summed E-state index contributed by atoms with van der Waals surface area (Å²) in [6.07, 6.45) is -2.48. The van der Waals surface area contributed by atoms with Crippen LogP contribution in [-0.2, 0) is 17.6 Å². The van der Waals surface area contributed by atoms with Crippen LogP contribution in [0.2, 0.25) is 0 Å². The molecule has 4 atom stereocenters. The summed E-state index contributed by atoms with van der Waals surface area (Å²) in [4.78, 5) is 37.6. The lowest BCUT2D eigenvalue weighted by atomic mass is 9.65. The highest BCUT2D eigenvalue weighted by Gasteiger charge is 2.51. The number of carbonyl (C=O) groups excluding carboxylic acids is 2. The molecular weight excluding hydrogens is 573 g/mol. The van der Waals surface area contributed by atoms with Crippen molar-refractivity contribution >= 4 is 22.8 Å². The molecule has 1 aliphatic rings. The number of fused-ring (bicyclic) bond motifs is 1. The van der Waals surface area contributed by atoms with Crippen LogP contribution < -0.4 is 16.1 Å². The largest absolute Gasteiger partial charge is 0.507 e. The molecule has 2 aromatic carbocycles. The zero-order chi connectivity index (χ0) is 32.5. The lowest BCUT2D eigenvalue weighted by molar-refractivity contribution is -0.153. The number of Topliss-reactive ketones (excluding diaryl/α,β-unsaturated/α-hetero) is 1. The van der Waals surface area contributed by atoms with Gasteiger partial charge >= 0.3 is 11.7 Å². The van der Waals surface area contributed by atoms with Gasteiger partial charge in [-0.3, -0.25) is 4.79 Å². The predicted molar refractivity (Wildman–Crippen MR) is 160 cm³/mol. The fraction of sp³-hybridized carbons (Fsp3) is 0.424. The number of ether oxygens (including phenoxy) is 2. The van der Waals surface area contributed by atoms with E-state index >= 15 is 0 Å². The van der Waals surface area contributed by atoms with Crippen molar-refractivity contribution in [2.45, 2.75) is 72.2 Å². The fourth-order valence-electron chi connectivity index (χ4n) is 5.77. The highest BCUT2D eigenvalue weighted by atomic mass is 19.1. The van der Waals surface area contributed by atoms with Gasteiger partial charge in [-0.25, -0.2) is 14.0 Å². The van der Waals surface area contributed by atoms with Gasteiger partial charge in [0.25, 0.3) is 0 Å². The van der Waals surface area contributed by atoms with Gasteiger partial charge in [-0.05, 0) is 74.9 Å². The molecule has 1 unspecified atom stereocenters. The van der Waals surface area contributed by atoms with Gasteiger partial charge in [0.15, 0.2) is 5.78 Å². The van der Waals surface area contributed by atoms with E-state index in [4.69, 9.17) is 19.6 Å². The van der Waals surface area contributed by atoms with Crippen molar-refractivity contribution < 1.29 is 43.2 Å². The van der Waals surface area contributed by atoms with Crippen LogP contribution in [0.3, 0.4) is 0 Å². The molecule has 10 nitrogen and oxygen atoms in total. The number of rotatable bonds is 9. The number of allylic oxidation sites excluding steroid dienone is 2. The first-order chi connectivity index (χ1) is 20.6. The van der Waals surface area contributed by atoms with Crippen LogP contribution in [0.25, 0.3) is 11.0 Å². The van der Waals surface area contributed by atoms with E-state index in [0.29, 0.717) is 17.5 Å². The second kappa shape index (κ2) is 12.8. The Labute approximate surface area is 253 Å². The second-order valence-electron chi connectivity index (χ2n) is 12.2. The average Bonchev–Trinajstić information content (AvgIpc) is 2.94. The van der Waals surface area contributed by atoms with Crippen LogP contribution in [0, 0.1) is 24.1 Å². The molecule has 0 saturated heterocycles. The molecule has 4 rings (SSSR count). The minimum atomic E-state index is -1.33. The summed E-state index contributed by atoms with van der Waals surface area (Å²) in [5, 5.41) is 32.2.